The maximum absolute atomic E-state index is 12.8. The van der Waals surface area contributed by atoms with E-state index in [0.717, 1.165) is 12.8 Å². The normalized spacial score (nSPS) is 18.1. The van der Waals surface area contributed by atoms with Crippen molar-refractivity contribution in [2.75, 3.05) is 32.6 Å². The Balaban J connectivity index is 2.84. The summed E-state index contributed by atoms with van der Waals surface area (Å²) in [5, 5.41) is 12.7. The number of nitriles is 1. The second-order valence-electron chi connectivity index (χ2n) is 5.71. The first kappa shape index (κ1) is 21.9. The van der Waals surface area contributed by atoms with Gasteiger partial charge in [0.25, 0.3) is 0 Å². The molecule has 0 atom stereocenters. The maximum atomic E-state index is 12.8. The predicted molar refractivity (Wildman–Crippen MR) is 110 cm³/mol. The molecule has 0 spiro atoms. The van der Waals surface area contributed by atoms with Crippen LogP contribution >= 0.6 is 24.0 Å². The molecule has 2 rings (SSSR count). The van der Waals surface area contributed by atoms with Crippen molar-refractivity contribution < 1.29 is 19.1 Å². The van der Waals surface area contributed by atoms with Crippen molar-refractivity contribution in [1.82, 2.24) is 10.2 Å². The molecule has 8 nitrogen and oxygen atoms in total. The van der Waals surface area contributed by atoms with E-state index in [1.807, 2.05) is 6.07 Å². The number of guanidine groups is 1. The number of carbonyl (C=O) groups is 2. The first-order valence-corrected chi connectivity index (χ1v) is 10.5. The van der Waals surface area contributed by atoms with Crippen molar-refractivity contribution in [3.8, 4) is 6.07 Å². The zero-order valence-corrected chi connectivity index (χ0v) is 17.7. The number of fused-ring (bicyclic) bond motifs is 1. The van der Waals surface area contributed by atoms with Crippen LogP contribution in [0, 0.1) is 11.3 Å². The lowest BCUT2D eigenvalue weighted by Gasteiger charge is -2.34. The molecule has 0 unspecified atom stereocenters. The summed E-state index contributed by atoms with van der Waals surface area (Å²) in [6.07, 6.45) is 3.35. The number of carbonyl (C=O) groups excluding carboxylic acids is 2. The van der Waals surface area contributed by atoms with Gasteiger partial charge in [0.05, 0.1) is 23.1 Å². The third-order valence-corrected chi connectivity index (χ3v) is 5.28. The van der Waals surface area contributed by atoms with Gasteiger partial charge < -0.3 is 19.7 Å². The zero-order valence-electron chi connectivity index (χ0n) is 16.0. The number of hydrogen-bond donors (Lipinski definition) is 1. The fourth-order valence-electron chi connectivity index (χ4n) is 2.82. The maximum Gasteiger partial charge on any atom is 0.356 e. The molecule has 2 heterocycles. The van der Waals surface area contributed by atoms with Crippen LogP contribution in [0.15, 0.2) is 27.5 Å². The van der Waals surface area contributed by atoms with Crippen molar-refractivity contribution in [1.29, 1.82) is 5.26 Å². The van der Waals surface area contributed by atoms with Gasteiger partial charge in [-0.3, -0.25) is 4.99 Å². The largest absolute Gasteiger partial charge is 0.462 e. The first-order chi connectivity index (χ1) is 13.5. The van der Waals surface area contributed by atoms with Gasteiger partial charge in [-0.05, 0) is 32.9 Å². The van der Waals surface area contributed by atoms with Gasteiger partial charge in [-0.2, -0.15) is 5.26 Å². The average molecular weight is 423 g/mol. The summed E-state index contributed by atoms with van der Waals surface area (Å²) in [7, 11) is 0. The van der Waals surface area contributed by atoms with Gasteiger partial charge in [-0.25, -0.2) is 9.59 Å². The van der Waals surface area contributed by atoms with E-state index in [4.69, 9.17) is 21.7 Å². The lowest BCUT2D eigenvalue weighted by Crippen LogP contribution is -2.49. The van der Waals surface area contributed by atoms with Crippen LogP contribution in [-0.2, 0) is 19.1 Å². The van der Waals surface area contributed by atoms with Gasteiger partial charge in [0.1, 0.15) is 22.9 Å². The van der Waals surface area contributed by atoms with E-state index >= 15 is 0 Å². The molecule has 0 bridgehead atoms. The quantitative estimate of drug-likeness (QED) is 0.308. The molecule has 2 aliphatic rings. The van der Waals surface area contributed by atoms with Crippen LogP contribution in [-0.4, -0.2) is 59.6 Å². The number of nitrogens with one attached hydrogen (secondary N) is 1. The minimum Gasteiger partial charge on any atom is -0.462 e. The average Bonchev–Trinajstić information content (AvgIpc) is 2.92. The van der Waals surface area contributed by atoms with Crippen LogP contribution in [0.5, 0.6) is 0 Å². The monoisotopic (exact) mass is 422 g/mol. The molecule has 0 aliphatic carbocycles. The molecule has 1 N–H and O–H groups in total. The van der Waals surface area contributed by atoms with Crippen LogP contribution < -0.4 is 5.32 Å². The Bertz CT molecular complexity index is 811. The number of thioether (sulfide) groups is 1. The highest BCUT2D eigenvalue weighted by Crippen LogP contribution is 2.30. The highest BCUT2D eigenvalue weighted by Gasteiger charge is 2.39. The van der Waals surface area contributed by atoms with Gasteiger partial charge >= 0.3 is 11.9 Å². The van der Waals surface area contributed by atoms with Crippen molar-refractivity contribution in [2.24, 2.45) is 4.99 Å². The molecule has 2 aliphatic heterocycles. The van der Waals surface area contributed by atoms with E-state index in [9.17, 15) is 14.9 Å². The second-order valence-corrected chi connectivity index (χ2v) is 7.19. The van der Waals surface area contributed by atoms with Crippen molar-refractivity contribution in [3.63, 3.8) is 0 Å². The molecule has 0 fully saturated rings. The Morgan fingerprint density at radius 1 is 1.29 bits per heavy atom. The molecule has 0 aromatic rings. The van der Waals surface area contributed by atoms with Gasteiger partial charge in [-0.1, -0.05) is 12.2 Å². The molecule has 0 amide bonds. The molecule has 0 saturated carbocycles. The summed E-state index contributed by atoms with van der Waals surface area (Å²) >= 11 is 6.49. The van der Waals surface area contributed by atoms with Gasteiger partial charge in [0.2, 0.25) is 5.96 Å². The minimum atomic E-state index is -0.729. The fraction of sp³-hybridized carbons (Fsp3) is 0.500. The lowest BCUT2D eigenvalue weighted by atomic mass is 10.0. The van der Waals surface area contributed by atoms with Crippen molar-refractivity contribution in [3.05, 3.63) is 22.5 Å². The Kier molecular flexibility index (Phi) is 8.02. The van der Waals surface area contributed by atoms with E-state index in [1.54, 1.807) is 25.0 Å². The Morgan fingerprint density at radius 3 is 2.57 bits per heavy atom. The molecule has 150 valence electrons. The zero-order chi connectivity index (χ0) is 20.7. The van der Waals surface area contributed by atoms with Gasteiger partial charge in [0.15, 0.2) is 0 Å². The molecule has 0 radical (unpaired) electrons. The van der Waals surface area contributed by atoms with Crippen LogP contribution in [0.3, 0.4) is 0 Å². The van der Waals surface area contributed by atoms with Crippen LogP contribution in [0.2, 0.25) is 0 Å². The Hall–Kier alpha value is -2.38. The van der Waals surface area contributed by atoms with E-state index in [2.05, 4.69) is 10.3 Å². The van der Waals surface area contributed by atoms with Crippen LogP contribution in [0.25, 0.3) is 0 Å². The molecule has 28 heavy (non-hydrogen) atoms. The summed E-state index contributed by atoms with van der Waals surface area (Å²) in [6.45, 7) is 4.64. The summed E-state index contributed by atoms with van der Waals surface area (Å²) in [5.74, 6) is -1.01. The second kappa shape index (κ2) is 10.2. The molecule has 0 saturated heterocycles. The number of aliphatic imine (C=N–C) groups is 1. The summed E-state index contributed by atoms with van der Waals surface area (Å²) in [4.78, 5) is 31.8. The van der Waals surface area contributed by atoms with Crippen molar-refractivity contribution >= 4 is 46.1 Å². The summed E-state index contributed by atoms with van der Waals surface area (Å²) in [5.41, 5.74) is 0.166. The van der Waals surface area contributed by atoms with Crippen LogP contribution in [0.4, 0.5) is 0 Å². The number of esters is 2. The molecule has 10 heteroatoms. The topological polar surface area (TPSA) is 104 Å². The third-order valence-electron chi connectivity index (χ3n) is 4.00. The minimum absolute atomic E-state index is 0.0198. The standard InChI is InChI=1S/C18H22N4O4S2/c1-4-25-15(23)12-13(11(10-19)17(27)28-3)21-18-20-8-6-7-9-22(18)14(12)16(24)26-5-2/h4-9H2,1-3H3,(H,20,21)/b13-11-. The Morgan fingerprint density at radius 2 is 1.96 bits per heavy atom. The van der Waals surface area contributed by atoms with Crippen LogP contribution in [0.1, 0.15) is 26.7 Å². The highest BCUT2D eigenvalue weighted by molar-refractivity contribution is 8.23. The number of nitrogens with zero attached hydrogens (tertiary/aromatic N) is 3. The van der Waals surface area contributed by atoms with E-state index in [-0.39, 0.29) is 40.0 Å². The molecular weight excluding hydrogens is 400 g/mol. The SMILES string of the molecule is CCOC(=O)C1=C(C(=O)OCC)N2CCCCN=C2N/C1=C(/C#N)C(=S)SC. The predicted octanol–water partition coefficient (Wildman–Crippen LogP) is 1.89. The fourth-order valence-corrected chi connectivity index (χ4v) is 3.32. The summed E-state index contributed by atoms with van der Waals surface area (Å²) < 4.78 is 10.7. The Labute approximate surface area is 173 Å². The molecule has 0 aromatic carbocycles. The summed E-state index contributed by atoms with van der Waals surface area (Å²) in [6, 6.07) is 2.04. The van der Waals surface area contributed by atoms with E-state index < -0.39 is 11.9 Å². The van der Waals surface area contributed by atoms with E-state index in [1.165, 1.54) is 11.8 Å². The third kappa shape index (κ3) is 4.54. The lowest BCUT2D eigenvalue weighted by molar-refractivity contribution is -0.142. The molecular formula is C18H22N4O4S2. The van der Waals surface area contributed by atoms with Crippen molar-refractivity contribution in [2.45, 2.75) is 26.7 Å². The highest BCUT2D eigenvalue weighted by atomic mass is 32.2. The first-order valence-electron chi connectivity index (χ1n) is 8.90. The van der Waals surface area contributed by atoms with Gasteiger partial charge in [0, 0.05) is 13.1 Å². The number of thiocarbonyl (C=S) groups is 1. The smallest absolute Gasteiger partial charge is 0.356 e. The van der Waals surface area contributed by atoms with Gasteiger partial charge in [-0.15, -0.1) is 11.8 Å². The number of hydrogen-bond acceptors (Lipinski definition) is 10. The molecule has 0 aromatic heterocycles. The number of rotatable bonds is 5. The number of ether oxygens (including phenoxy) is 2. The van der Waals surface area contributed by atoms with E-state index in [0.29, 0.717) is 19.0 Å².